The molecule has 0 radical (unpaired) electrons. The number of piperazine rings is 1. The van der Waals surface area contributed by atoms with Crippen molar-refractivity contribution in [3.63, 3.8) is 0 Å². The van der Waals surface area contributed by atoms with Gasteiger partial charge in [0.25, 0.3) is 0 Å². The van der Waals surface area contributed by atoms with Gasteiger partial charge in [0.15, 0.2) is 0 Å². The molecule has 1 aromatic rings. The smallest absolute Gasteiger partial charge is 0.0406 e. The third-order valence-electron chi connectivity index (χ3n) is 5.44. The van der Waals surface area contributed by atoms with Crippen molar-refractivity contribution in [2.24, 2.45) is 0 Å². The molecule has 1 heterocycles. The maximum absolute atomic E-state index is 6.01. The van der Waals surface area contributed by atoms with Gasteiger partial charge in [0.1, 0.15) is 0 Å². The summed E-state index contributed by atoms with van der Waals surface area (Å²) in [6.45, 7) is 12.4. The van der Waals surface area contributed by atoms with Crippen molar-refractivity contribution in [1.29, 1.82) is 0 Å². The van der Waals surface area contributed by atoms with Crippen molar-refractivity contribution < 1.29 is 0 Å². The van der Waals surface area contributed by atoms with Crippen LogP contribution < -0.4 is 5.32 Å². The van der Waals surface area contributed by atoms with Crippen LogP contribution in [0.15, 0.2) is 24.3 Å². The van der Waals surface area contributed by atoms with Crippen molar-refractivity contribution in [2.45, 2.75) is 64.6 Å². The summed E-state index contributed by atoms with van der Waals surface area (Å²) in [5.74, 6) is 0. The summed E-state index contributed by atoms with van der Waals surface area (Å²) < 4.78 is 0. The molecule has 1 fully saturated rings. The first-order valence-corrected chi connectivity index (χ1v) is 8.59. The maximum atomic E-state index is 6.01. The summed E-state index contributed by atoms with van der Waals surface area (Å²) in [7, 11) is 0. The standard InChI is InChI=1S/C18H29ClN2/c1-5-17(4)14-21(18(6-2,7-3)13-20-17)12-15-8-10-16(19)11-9-15/h8-11,20H,5-7,12-14H2,1-4H3. The van der Waals surface area contributed by atoms with Crippen molar-refractivity contribution in [2.75, 3.05) is 13.1 Å². The molecule has 21 heavy (non-hydrogen) atoms. The Kier molecular flexibility index (Phi) is 5.34. The van der Waals surface area contributed by atoms with E-state index in [-0.39, 0.29) is 11.1 Å². The largest absolute Gasteiger partial charge is 0.308 e. The van der Waals surface area contributed by atoms with Gasteiger partial charge in [-0.25, -0.2) is 0 Å². The van der Waals surface area contributed by atoms with Gasteiger partial charge in [-0.3, -0.25) is 4.90 Å². The maximum Gasteiger partial charge on any atom is 0.0406 e. The Bertz CT molecular complexity index is 453. The Morgan fingerprint density at radius 3 is 2.24 bits per heavy atom. The van der Waals surface area contributed by atoms with Crippen LogP contribution in [0.3, 0.4) is 0 Å². The van der Waals surface area contributed by atoms with E-state index in [4.69, 9.17) is 11.6 Å². The first kappa shape index (κ1) is 16.8. The van der Waals surface area contributed by atoms with Crippen LogP contribution in [0.1, 0.15) is 52.5 Å². The van der Waals surface area contributed by atoms with E-state index in [0.29, 0.717) is 0 Å². The molecule has 118 valence electrons. The van der Waals surface area contributed by atoms with Gasteiger partial charge in [-0.1, -0.05) is 44.5 Å². The Balaban J connectivity index is 2.22. The number of halogens is 1. The zero-order valence-electron chi connectivity index (χ0n) is 13.9. The Morgan fingerprint density at radius 1 is 1.10 bits per heavy atom. The van der Waals surface area contributed by atoms with E-state index in [2.05, 4.69) is 50.0 Å². The van der Waals surface area contributed by atoms with Gasteiger partial charge in [-0.2, -0.15) is 0 Å². The summed E-state index contributed by atoms with van der Waals surface area (Å²) >= 11 is 6.01. The summed E-state index contributed by atoms with van der Waals surface area (Å²) in [5, 5.41) is 4.61. The van der Waals surface area contributed by atoms with Crippen LogP contribution in [0.4, 0.5) is 0 Å². The zero-order chi connectivity index (χ0) is 15.5. The third kappa shape index (κ3) is 3.61. The molecule has 0 bridgehead atoms. The molecule has 1 aromatic carbocycles. The van der Waals surface area contributed by atoms with Crippen molar-refractivity contribution in [3.8, 4) is 0 Å². The minimum atomic E-state index is 0.222. The molecular weight excluding hydrogens is 280 g/mol. The SMILES string of the molecule is CCC1(C)CN(Cc2ccc(Cl)cc2)C(CC)(CC)CN1. The molecule has 0 spiro atoms. The Labute approximate surface area is 134 Å². The second-order valence-electron chi connectivity index (χ2n) is 6.68. The molecule has 1 aliphatic heterocycles. The molecule has 0 aromatic heterocycles. The number of nitrogens with zero attached hydrogens (tertiary/aromatic N) is 1. The molecule has 1 unspecified atom stereocenters. The molecule has 1 atom stereocenters. The van der Waals surface area contributed by atoms with Crippen LogP contribution >= 0.6 is 11.6 Å². The highest BCUT2D eigenvalue weighted by atomic mass is 35.5. The minimum Gasteiger partial charge on any atom is -0.308 e. The molecule has 3 heteroatoms. The molecule has 1 aliphatic rings. The topological polar surface area (TPSA) is 15.3 Å². The van der Waals surface area contributed by atoms with E-state index in [1.165, 1.54) is 18.4 Å². The highest BCUT2D eigenvalue weighted by Gasteiger charge is 2.42. The van der Waals surface area contributed by atoms with E-state index < -0.39 is 0 Å². The van der Waals surface area contributed by atoms with Crippen molar-refractivity contribution in [3.05, 3.63) is 34.9 Å². The van der Waals surface area contributed by atoms with Crippen LogP contribution in [0.25, 0.3) is 0 Å². The number of hydrogen-bond donors (Lipinski definition) is 1. The molecule has 2 rings (SSSR count). The predicted octanol–water partition coefficient (Wildman–Crippen LogP) is 4.47. The Morgan fingerprint density at radius 2 is 1.71 bits per heavy atom. The number of hydrogen-bond acceptors (Lipinski definition) is 2. The van der Waals surface area contributed by atoms with Gasteiger partial charge < -0.3 is 5.32 Å². The summed E-state index contributed by atoms with van der Waals surface area (Å²) in [6.07, 6.45) is 3.53. The molecular formula is C18H29ClN2. The third-order valence-corrected chi connectivity index (χ3v) is 5.69. The van der Waals surface area contributed by atoms with Crippen molar-refractivity contribution in [1.82, 2.24) is 10.2 Å². The normalized spacial score (nSPS) is 26.0. The summed E-state index contributed by atoms with van der Waals surface area (Å²) in [4.78, 5) is 2.69. The van der Waals surface area contributed by atoms with Gasteiger partial charge in [-0.05, 0) is 43.9 Å². The van der Waals surface area contributed by atoms with E-state index >= 15 is 0 Å². The van der Waals surface area contributed by atoms with Crippen LogP contribution in [-0.4, -0.2) is 29.1 Å². The summed E-state index contributed by atoms with van der Waals surface area (Å²) in [6, 6.07) is 8.31. The van der Waals surface area contributed by atoms with Gasteiger partial charge in [0, 0.05) is 35.7 Å². The van der Waals surface area contributed by atoms with Crippen LogP contribution in [-0.2, 0) is 6.54 Å². The first-order valence-electron chi connectivity index (χ1n) is 8.21. The van der Waals surface area contributed by atoms with E-state index in [1.54, 1.807) is 0 Å². The highest BCUT2D eigenvalue weighted by Crippen LogP contribution is 2.32. The second-order valence-corrected chi connectivity index (χ2v) is 7.12. The lowest BCUT2D eigenvalue weighted by molar-refractivity contribution is -0.00407. The molecule has 1 N–H and O–H groups in total. The minimum absolute atomic E-state index is 0.222. The van der Waals surface area contributed by atoms with Gasteiger partial charge in [0.2, 0.25) is 0 Å². The Hall–Kier alpha value is -0.570. The van der Waals surface area contributed by atoms with Crippen LogP contribution in [0.5, 0.6) is 0 Å². The lowest BCUT2D eigenvalue weighted by Crippen LogP contribution is -2.68. The average Bonchev–Trinajstić information content (AvgIpc) is 2.51. The lowest BCUT2D eigenvalue weighted by atomic mass is 9.82. The summed E-state index contributed by atoms with van der Waals surface area (Å²) in [5.41, 5.74) is 1.85. The fraction of sp³-hybridized carbons (Fsp3) is 0.667. The van der Waals surface area contributed by atoms with Crippen molar-refractivity contribution >= 4 is 11.6 Å². The number of benzene rings is 1. The molecule has 2 nitrogen and oxygen atoms in total. The number of rotatable bonds is 5. The van der Waals surface area contributed by atoms with E-state index in [0.717, 1.165) is 31.1 Å². The fourth-order valence-corrected chi connectivity index (χ4v) is 3.48. The molecule has 0 aliphatic carbocycles. The lowest BCUT2D eigenvalue weighted by Gasteiger charge is -2.53. The average molecular weight is 309 g/mol. The van der Waals surface area contributed by atoms with Crippen LogP contribution in [0.2, 0.25) is 5.02 Å². The van der Waals surface area contributed by atoms with Gasteiger partial charge >= 0.3 is 0 Å². The van der Waals surface area contributed by atoms with Gasteiger partial charge in [-0.15, -0.1) is 0 Å². The fourth-order valence-electron chi connectivity index (χ4n) is 3.35. The number of nitrogens with one attached hydrogen (secondary N) is 1. The van der Waals surface area contributed by atoms with E-state index in [1.807, 2.05) is 12.1 Å². The predicted molar refractivity (Wildman–Crippen MR) is 91.9 cm³/mol. The monoisotopic (exact) mass is 308 g/mol. The van der Waals surface area contributed by atoms with E-state index in [9.17, 15) is 0 Å². The molecule has 0 saturated carbocycles. The second kappa shape index (κ2) is 6.68. The zero-order valence-corrected chi connectivity index (χ0v) is 14.6. The molecule has 1 saturated heterocycles. The first-order chi connectivity index (χ1) is 9.97. The quantitative estimate of drug-likeness (QED) is 0.863. The molecule has 0 amide bonds. The highest BCUT2D eigenvalue weighted by molar-refractivity contribution is 6.30. The van der Waals surface area contributed by atoms with Gasteiger partial charge in [0.05, 0.1) is 0 Å². The van der Waals surface area contributed by atoms with Crippen LogP contribution in [0, 0.1) is 0 Å².